The van der Waals surface area contributed by atoms with Crippen molar-refractivity contribution in [3.05, 3.63) is 29.8 Å². The minimum absolute atomic E-state index is 0.0145. The van der Waals surface area contributed by atoms with Gasteiger partial charge in [-0.2, -0.15) is 0 Å². The molecule has 0 spiro atoms. The van der Waals surface area contributed by atoms with E-state index in [4.69, 9.17) is 5.73 Å². The van der Waals surface area contributed by atoms with Crippen LogP contribution in [0.1, 0.15) is 37.6 Å². The largest absolute Gasteiger partial charge is 0.507 e. The number of carbonyl (C=O) groups excluding carboxylic acids is 1. The van der Waals surface area contributed by atoms with Crippen LogP contribution in [0.25, 0.3) is 0 Å². The molecule has 0 saturated heterocycles. The summed E-state index contributed by atoms with van der Waals surface area (Å²) in [7, 11) is 0. The molecular formula is C14H22N2O2. The molecule has 4 heteroatoms. The molecule has 1 aromatic rings. The van der Waals surface area contributed by atoms with E-state index in [0.29, 0.717) is 6.54 Å². The predicted molar refractivity (Wildman–Crippen MR) is 72.5 cm³/mol. The number of aromatic hydroxyl groups is 1. The van der Waals surface area contributed by atoms with Crippen LogP contribution in [-0.4, -0.2) is 23.6 Å². The second kappa shape index (κ2) is 5.87. The van der Waals surface area contributed by atoms with Crippen LogP contribution < -0.4 is 11.1 Å². The van der Waals surface area contributed by atoms with E-state index in [9.17, 15) is 9.90 Å². The van der Waals surface area contributed by atoms with Crippen LogP contribution in [0.15, 0.2) is 24.3 Å². The summed E-state index contributed by atoms with van der Waals surface area (Å²) < 4.78 is 0. The highest BCUT2D eigenvalue weighted by molar-refractivity contribution is 5.96. The summed E-state index contributed by atoms with van der Waals surface area (Å²) in [5.74, 6) is -0.308. The van der Waals surface area contributed by atoms with Crippen molar-refractivity contribution >= 4 is 5.91 Å². The van der Waals surface area contributed by atoms with Gasteiger partial charge in [-0.15, -0.1) is 0 Å². The lowest BCUT2D eigenvalue weighted by Crippen LogP contribution is -2.39. The van der Waals surface area contributed by atoms with Gasteiger partial charge in [-0.05, 0) is 24.0 Å². The van der Waals surface area contributed by atoms with Crippen LogP contribution >= 0.6 is 0 Å². The second-order valence-electron chi connectivity index (χ2n) is 5.75. The van der Waals surface area contributed by atoms with E-state index in [-0.39, 0.29) is 28.7 Å². The summed E-state index contributed by atoms with van der Waals surface area (Å²) in [6, 6.07) is 6.38. The topological polar surface area (TPSA) is 75.3 Å². The molecular weight excluding hydrogens is 228 g/mol. The zero-order chi connectivity index (χ0) is 13.8. The number of amides is 1. The Balaban J connectivity index is 2.50. The van der Waals surface area contributed by atoms with Gasteiger partial charge < -0.3 is 16.2 Å². The van der Waals surface area contributed by atoms with Gasteiger partial charge in [-0.1, -0.05) is 32.9 Å². The Bertz CT molecular complexity index is 411. The molecule has 0 fully saturated rings. The fraction of sp³-hybridized carbons (Fsp3) is 0.500. The zero-order valence-corrected chi connectivity index (χ0v) is 11.2. The number of nitrogens with two attached hydrogens (primary N) is 1. The Kier molecular flexibility index (Phi) is 4.73. The van der Waals surface area contributed by atoms with Crippen molar-refractivity contribution in [2.75, 3.05) is 6.54 Å². The number of para-hydroxylation sites is 1. The van der Waals surface area contributed by atoms with Gasteiger partial charge in [0, 0.05) is 12.6 Å². The van der Waals surface area contributed by atoms with E-state index in [0.717, 1.165) is 6.42 Å². The molecule has 18 heavy (non-hydrogen) atoms. The number of phenolic OH excluding ortho intramolecular Hbond substituents is 1. The normalized spacial score (nSPS) is 13.1. The molecule has 0 aliphatic heterocycles. The number of phenols is 1. The van der Waals surface area contributed by atoms with Crippen LogP contribution in [0.5, 0.6) is 5.75 Å². The highest BCUT2D eigenvalue weighted by Crippen LogP contribution is 2.20. The molecule has 0 bridgehead atoms. The smallest absolute Gasteiger partial charge is 0.255 e. The van der Waals surface area contributed by atoms with Crippen molar-refractivity contribution in [2.45, 2.75) is 33.2 Å². The van der Waals surface area contributed by atoms with Crippen LogP contribution in [0, 0.1) is 5.41 Å². The van der Waals surface area contributed by atoms with Crippen molar-refractivity contribution in [3.8, 4) is 5.75 Å². The van der Waals surface area contributed by atoms with E-state index < -0.39 is 0 Å². The van der Waals surface area contributed by atoms with Crippen LogP contribution in [0.4, 0.5) is 0 Å². The van der Waals surface area contributed by atoms with Crippen LogP contribution in [0.2, 0.25) is 0 Å². The van der Waals surface area contributed by atoms with Gasteiger partial charge in [0.1, 0.15) is 5.75 Å². The number of nitrogens with one attached hydrogen (secondary N) is 1. The van der Waals surface area contributed by atoms with Crippen LogP contribution in [-0.2, 0) is 0 Å². The van der Waals surface area contributed by atoms with Crippen LogP contribution in [0.3, 0.4) is 0 Å². The number of hydrogen-bond donors (Lipinski definition) is 3. The molecule has 0 aromatic heterocycles. The summed E-state index contributed by atoms with van der Waals surface area (Å²) in [4.78, 5) is 11.8. The molecule has 0 radical (unpaired) electrons. The van der Waals surface area contributed by atoms with Gasteiger partial charge >= 0.3 is 0 Å². The van der Waals surface area contributed by atoms with Crippen molar-refractivity contribution in [3.63, 3.8) is 0 Å². The Morgan fingerprint density at radius 2 is 2.00 bits per heavy atom. The lowest BCUT2D eigenvalue weighted by Gasteiger charge is -2.23. The molecule has 4 nitrogen and oxygen atoms in total. The molecule has 1 unspecified atom stereocenters. The number of hydrogen-bond acceptors (Lipinski definition) is 3. The lowest BCUT2D eigenvalue weighted by atomic mass is 9.88. The Labute approximate surface area is 108 Å². The van der Waals surface area contributed by atoms with Crippen molar-refractivity contribution in [1.82, 2.24) is 5.32 Å². The molecule has 1 atom stereocenters. The van der Waals surface area contributed by atoms with E-state index in [2.05, 4.69) is 26.1 Å². The average molecular weight is 250 g/mol. The van der Waals surface area contributed by atoms with Gasteiger partial charge in [0.15, 0.2) is 0 Å². The Hall–Kier alpha value is -1.55. The van der Waals surface area contributed by atoms with Crippen molar-refractivity contribution in [1.29, 1.82) is 0 Å². The summed E-state index contributed by atoms with van der Waals surface area (Å²) >= 11 is 0. The van der Waals surface area contributed by atoms with E-state index in [1.54, 1.807) is 18.2 Å². The van der Waals surface area contributed by atoms with Gasteiger partial charge in [0.2, 0.25) is 0 Å². The standard InChI is InChI=1S/C14H22N2O2/c1-14(2,3)8-10(15)9-16-13(18)11-6-4-5-7-12(11)17/h4-7,10,17H,8-9,15H2,1-3H3,(H,16,18). The number of benzene rings is 1. The minimum atomic E-state index is -0.294. The average Bonchev–Trinajstić information content (AvgIpc) is 2.24. The van der Waals surface area contributed by atoms with E-state index >= 15 is 0 Å². The van der Waals surface area contributed by atoms with Crippen molar-refractivity contribution < 1.29 is 9.90 Å². The van der Waals surface area contributed by atoms with Gasteiger partial charge in [0.25, 0.3) is 5.91 Å². The third kappa shape index (κ3) is 4.75. The molecule has 0 heterocycles. The number of rotatable bonds is 4. The SMILES string of the molecule is CC(C)(C)CC(N)CNC(=O)c1ccccc1O. The second-order valence-corrected chi connectivity index (χ2v) is 5.75. The Morgan fingerprint density at radius 3 is 2.56 bits per heavy atom. The highest BCUT2D eigenvalue weighted by Gasteiger charge is 2.17. The molecule has 1 rings (SSSR count). The highest BCUT2D eigenvalue weighted by atomic mass is 16.3. The molecule has 1 amide bonds. The quantitative estimate of drug-likeness (QED) is 0.763. The maximum Gasteiger partial charge on any atom is 0.255 e. The maximum absolute atomic E-state index is 11.8. The molecule has 0 aliphatic carbocycles. The van der Waals surface area contributed by atoms with Gasteiger partial charge in [0.05, 0.1) is 5.56 Å². The van der Waals surface area contributed by atoms with Crippen molar-refractivity contribution in [2.24, 2.45) is 11.1 Å². The molecule has 1 aromatic carbocycles. The third-order valence-electron chi connectivity index (χ3n) is 2.55. The molecule has 0 saturated carbocycles. The first-order valence-electron chi connectivity index (χ1n) is 6.11. The fourth-order valence-electron chi connectivity index (χ4n) is 1.84. The molecule has 0 aliphatic rings. The summed E-state index contributed by atoms with van der Waals surface area (Å²) in [6.45, 7) is 6.73. The zero-order valence-electron chi connectivity index (χ0n) is 11.2. The molecule has 100 valence electrons. The van der Waals surface area contributed by atoms with Gasteiger partial charge in [-0.25, -0.2) is 0 Å². The van der Waals surface area contributed by atoms with E-state index in [1.807, 2.05) is 0 Å². The first-order valence-corrected chi connectivity index (χ1v) is 6.11. The molecule has 4 N–H and O–H groups in total. The third-order valence-corrected chi connectivity index (χ3v) is 2.55. The summed E-state index contributed by atoms with van der Waals surface area (Å²) in [6.07, 6.45) is 0.827. The fourth-order valence-corrected chi connectivity index (χ4v) is 1.84. The maximum atomic E-state index is 11.8. The first-order chi connectivity index (χ1) is 8.29. The first kappa shape index (κ1) is 14.5. The summed E-state index contributed by atoms with van der Waals surface area (Å²) in [5, 5.41) is 12.3. The predicted octanol–water partition coefficient (Wildman–Crippen LogP) is 1.89. The van der Waals surface area contributed by atoms with Gasteiger partial charge in [-0.3, -0.25) is 4.79 Å². The van der Waals surface area contributed by atoms with E-state index in [1.165, 1.54) is 6.07 Å². The monoisotopic (exact) mass is 250 g/mol. The minimum Gasteiger partial charge on any atom is -0.507 e. The summed E-state index contributed by atoms with van der Waals surface area (Å²) in [5.41, 5.74) is 6.36. The lowest BCUT2D eigenvalue weighted by molar-refractivity contribution is 0.0946. The Morgan fingerprint density at radius 1 is 1.39 bits per heavy atom. The number of carbonyl (C=O) groups is 1.